The molecule has 0 aromatic carbocycles. The van der Waals surface area contributed by atoms with Gasteiger partial charge in [-0.15, -0.1) is 0 Å². The third kappa shape index (κ3) is 4.99. The van der Waals surface area contributed by atoms with Crippen LogP contribution in [0.1, 0.15) is 82.5 Å². The van der Waals surface area contributed by atoms with Crippen LogP contribution in [0.4, 0.5) is 0 Å². The molecule has 4 saturated carbocycles. The van der Waals surface area contributed by atoms with E-state index in [9.17, 15) is 9.59 Å². The number of piperidine rings is 1. The quantitative estimate of drug-likeness (QED) is 0.620. The molecule has 5 fully saturated rings. The van der Waals surface area contributed by atoms with Crippen LogP contribution in [0.2, 0.25) is 0 Å². The number of ether oxygens (including phenoxy) is 1. The second-order valence-electron chi connectivity index (χ2n) is 12.0. The summed E-state index contributed by atoms with van der Waals surface area (Å²) in [7, 11) is 0. The van der Waals surface area contributed by atoms with E-state index in [1.165, 1.54) is 32.1 Å². The highest BCUT2D eigenvalue weighted by molar-refractivity contribution is 5.96. The summed E-state index contributed by atoms with van der Waals surface area (Å²) in [6, 6.07) is 0.313. The highest BCUT2D eigenvalue weighted by Gasteiger charge is 2.48. The van der Waals surface area contributed by atoms with Crippen LogP contribution in [0.15, 0.2) is 6.20 Å². The van der Waals surface area contributed by atoms with E-state index < -0.39 is 0 Å². The van der Waals surface area contributed by atoms with E-state index in [0.717, 1.165) is 50.7 Å². The molecule has 1 aliphatic heterocycles. The summed E-state index contributed by atoms with van der Waals surface area (Å²) < 4.78 is 8.07. The summed E-state index contributed by atoms with van der Waals surface area (Å²) in [4.78, 5) is 27.0. The highest BCUT2D eigenvalue weighted by Crippen LogP contribution is 2.53. The molecule has 188 valence electrons. The van der Waals surface area contributed by atoms with Gasteiger partial charge in [0, 0.05) is 32.6 Å². The number of amides is 2. The first-order chi connectivity index (χ1) is 16.4. The second-order valence-corrected chi connectivity index (χ2v) is 12.0. The van der Waals surface area contributed by atoms with Gasteiger partial charge in [-0.05, 0) is 86.9 Å². The predicted molar refractivity (Wildman–Crippen MR) is 130 cm³/mol. The van der Waals surface area contributed by atoms with E-state index in [1.807, 2.05) is 9.58 Å². The van der Waals surface area contributed by atoms with Crippen molar-refractivity contribution in [2.24, 2.45) is 35.5 Å². The fraction of sp³-hybridized carbons (Fsp3) is 0.815. The van der Waals surface area contributed by atoms with E-state index in [2.05, 4.69) is 24.3 Å². The summed E-state index contributed by atoms with van der Waals surface area (Å²) in [6.45, 7) is 8.89. The van der Waals surface area contributed by atoms with Gasteiger partial charge in [-0.25, -0.2) is 4.68 Å². The number of nitrogens with one attached hydrogen (secondary N) is 1. The van der Waals surface area contributed by atoms with Gasteiger partial charge in [0.25, 0.3) is 5.91 Å². The summed E-state index contributed by atoms with van der Waals surface area (Å²) in [5.74, 6) is 4.81. The minimum atomic E-state index is -0.0164. The third-order valence-electron chi connectivity index (χ3n) is 8.92. The molecule has 2 amide bonds. The maximum Gasteiger partial charge on any atom is 0.258 e. The van der Waals surface area contributed by atoms with Crippen LogP contribution in [-0.2, 0) is 11.3 Å². The lowest BCUT2D eigenvalue weighted by Gasteiger charge is -2.54. The molecule has 4 aliphatic carbocycles. The van der Waals surface area contributed by atoms with Crippen molar-refractivity contribution in [1.29, 1.82) is 0 Å². The molecule has 0 spiro atoms. The van der Waals surface area contributed by atoms with Crippen molar-refractivity contribution in [2.75, 3.05) is 19.7 Å². The van der Waals surface area contributed by atoms with E-state index in [4.69, 9.17) is 4.74 Å². The summed E-state index contributed by atoms with van der Waals surface area (Å²) in [5.41, 5.74) is 0.584. The van der Waals surface area contributed by atoms with E-state index in [0.29, 0.717) is 47.8 Å². The van der Waals surface area contributed by atoms with Crippen LogP contribution in [0, 0.1) is 35.5 Å². The SMILES string of the molecule is CC(=O)N1CCC(CCn2ncc(C(=O)NC3C4CC5CC(C4)CC3C5)c2OCC(C)C)CC1. The molecule has 4 bridgehead atoms. The molecule has 7 heteroatoms. The second kappa shape index (κ2) is 9.90. The van der Waals surface area contributed by atoms with Gasteiger partial charge in [-0.1, -0.05) is 13.8 Å². The molecule has 0 radical (unpaired) electrons. The van der Waals surface area contributed by atoms with Gasteiger partial charge in [0.2, 0.25) is 11.8 Å². The molecular formula is C27H42N4O3. The zero-order chi connectivity index (χ0) is 23.8. The molecule has 5 aliphatic rings. The number of aryl methyl sites for hydroxylation is 1. The van der Waals surface area contributed by atoms with Crippen molar-refractivity contribution in [1.82, 2.24) is 20.0 Å². The molecule has 2 heterocycles. The first-order valence-corrected chi connectivity index (χ1v) is 13.6. The first kappa shape index (κ1) is 23.7. The van der Waals surface area contributed by atoms with Gasteiger partial charge >= 0.3 is 0 Å². The summed E-state index contributed by atoms with van der Waals surface area (Å²) in [5, 5.41) is 8.02. The topological polar surface area (TPSA) is 76.5 Å². The molecule has 0 unspecified atom stereocenters. The molecule has 34 heavy (non-hydrogen) atoms. The average Bonchev–Trinajstić information content (AvgIpc) is 3.21. The molecule has 1 saturated heterocycles. The maximum atomic E-state index is 13.4. The molecule has 1 aromatic rings. The lowest BCUT2D eigenvalue weighted by atomic mass is 9.54. The molecule has 0 atom stereocenters. The van der Waals surface area contributed by atoms with Crippen molar-refractivity contribution in [2.45, 2.75) is 84.7 Å². The van der Waals surface area contributed by atoms with E-state index in [-0.39, 0.29) is 11.8 Å². The van der Waals surface area contributed by atoms with Crippen LogP contribution < -0.4 is 10.1 Å². The van der Waals surface area contributed by atoms with Crippen LogP contribution in [0.5, 0.6) is 5.88 Å². The molecule has 1 N–H and O–H groups in total. The lowest BCUT2D eigenvalue weighted by Crippen LogP contribution is -2.55. The molecular weight excluding hydrogens is 428 g/mol. The van der Waals surface area contributed by atoms with Crippen LogP contribution in [-0.4, -0.2) is 52.2 Å². The van der Waals surface area contributed by atoms with Gasteiger partial charge in [-0.2, -0.15) is 5.10 Å². The Morgan fingerprint density at radius 3 is 2.32 bits per heavy atom. The van der Waals surface area contributed by atoms with Gasteiger partial charge < -0.3 is 15.0 Å². The molecule has 1 aromatic heterocycles. The smallest absolute Gasteiger partial charge is 0.258 e. The first-order valence-electron chi connectivity index (χ1n) is 13.6. The molecule has 7 nitrogen and oxygen atoms in total. The normalized spacial score (nSPS) is 30.7. The van der Waals surface area contributed by atoms with Crippen molar-refractivity contribution in [3.8, 4) is 5.88 Å². The van der Waals surface area contributed by atoms with Crippen molar-refractivity contribution in [3.05, 3.63) is 11.8 Å². The maximum absolute atomic E-state index is 13.4. The summed E-state index contributed by atoms with van der Waals surface area (Å²) in [6.07, 6.45) is 11.3. The number of aromatic nitrogens is 2. The third-order valence-corrected chi connectivity index (χ3v) is 8.92. The van der Waals surface area contributed by atoms with Crippen LogP contribution in [0.25, 0.3) is 0 Å². The minimum Gasteiger partial charge on any atom is -0.477 e. The number of hydrogen-bond donors (Lipinski definition) is 1. The number of likely N-dealkylation sites (tertiary alicyclic amines) is 1. The minimum absolute atomic E-state index is 0.0164. The van der Waals surface area contributed by atoms with E-state index in [1.54, 1.807) is 13.1 Å². The monoisotopic (exact) mass is 470 g/mol. The zero-order valence-electron chi connectivity index (χ0n) is 21.2. The number of carbonyl (C=O) groups is 2. The highest BCUT2D eigenvalue weighted by atomic mass is 16.5. The van der Waals surface area contributed by atoms with Crippen molar-refractivity contribution < 1.29 is 14.3 Å². The summed E-state index contributed by atoms with van der Waals surface area (Å²) >= 11 is 0. The zero-order valence-corrected chi connectivity index (χ0v) is 21.2. The van der Waals surface area contributed by atoms with Gasteiger partial charge in [-0.3, -0.25) is 9.59 Å². The Balaban J connectivity index is 1.24. The fourth-order valence-corrected chi connectivity index (χ4v) is 7.32. The number of carbonyl (C=O) groups excluding carboxylic acids is 2. The average molecular weight is 471 g/mol. The predicted octanol–water partition coefficient (Wildman–Crippen LogP) is 4.12. The standard InChI is InChI=1S/C27H42N4O3/c1-17(2)16-34-27-24(15-28-31(27)9-6-19-4-7-30(8-5-19)18(3)32)26(33)29-25-22-11-20-10-21(13-22)14-23(25)12-20/h15,17,19-23,25H,4-14,16H2,1-3H3,(H,29,33). The van der Waals surface area contributed by atoms with Crippen molar-refractivity contribution in [3.63, 3.8) is 0 Å². The van der Waals surface area contributed by atoms with E-state index >= 15 is 0 Å². The fourth-order valence-electron chi connectivity index (χ4n) is 7.32. The van der Waals surface area contributed by atoms with Crippen molar-refractivity contribution >= 4 is 11.8 Å². The Morgan fingerprint density at radius 2 is 1.74 bits per heavy atom. The Bertz CT molecular complexity index is 858. The van der Waals surface area contributed by atoms with Gasteiger partial charge in [0.1, 0.15) is 5.56 Å². The van der Waals surface area contributed by atoms with Crippen LogP contribution >= 0.6 is 0 Å². The Labute approximate surface area is 204 Å². The largest absolute Gasteiger partial charge is 0.477 e. The Kier molecular flexibility index (Phi) is 6.90. The van der Waals surface area contributed by atoms with Gasteiger partial charge in [0.15, 0.2) is 0 Å². The number of nitrogens with zero attached hydrogens (tertiary/aromatic N) is 3. The van der Waals surface area contributed by atoms with Gasteiger partial charge in [0.05, 0.1) is 12.8 Å². The Morgan fingerprint density at radius 1 is 1.09 bits per heavy atom. The number of hydrogen-bond acceptors (Lipinski definition) is 4. The lowest BCUT2D eigenvalue weighted by molar-refractivity contribution is -0.130. The number of rotatable bonds is 8. The molecule has 6 rings (SSSR count). The van der Waals surface area contributed by atoms with Crippen LogP contribution in [0.3, 0.4) is 0 Å². The Hall–Kier alpha value is -2.05.